The molecule has 266 valence electrons. The predicted molar refractivity (Wildman–Crippen MR) is 175 cm³/mol. The molecule has 0 saturated carbocycles. The molecular weight excluding hydrogens is 782 g/mol. The number of nitrogens with one attached hydrogen (secondary N) is 3. The first-order valence-corrected chi connectivity index (χ1v) is 16.5. The standard InChI is InChI=1S/C28H18N8O14S2.2Na/c37-21-7-5-16(36(43)44)11-19(21)31-34-26-23(52(48,49)50)10-13-9-17(51(45,46)47)12-20(24(13)28(26)40)32-30-18-6-8-22(38)25(27(18)39)33-29-14-1-3-15(4-2-14)35(41)42;;/h1-12,29,31-32,37H,(H,45,46,47)(H,48,49,50);;/q;2*+1/p-2/b30-18+,33-25-,34-26-;;. The number of phenols is 1. The fraction of sp³-hybridized carbons (Fsp3) is 0. The maximum absolute atomic E-state index is 13.7. The topological polar surface area (TPSA) is 345 Å². The molecule has 4 aromatic rings. The van der Waals surface area contributed by atoms with Crippen molar-refractivity contribution < 1.29 is 105 Å². The van der Waals surface area contributed by atoms with Gasteiger partial charge in [-0.2, -0.15) is 15.3 Å². The Morgan fingerprint density at radius 2 is 1.30 bits per heavy atom. The molecule has 0 bridgehead atoms. The van der Waals surface area contributed by atoms with Crippen molar-refractivity contribution in [2.45, 2.75) is 4.90 Å². The van der Waals surface area contributed by atoms with Gasteiger partial charge in [0.15, 0.2) is 5.36 Å². The number of nitro benzene ring substituents is 2. The third-order valence-corrected chi connectivity index (χ3v) is 8.55. The molecular formula is C28H16N8Na2O14S2. The summed E-state index contributed by atoms with van der Waals surface area (Å²) >= 11 is 0. The maximum Gasteiger partial charge on any atom is 1.00 e. The molecule has 0 saturated heterocycles. The van der Waals surface area contributed by atoms with Crippen LogP contribution >= 0.6 is 0 Å². The van der Waals surface area contributed by atoms with Crippen molar-refractivity contribution in [1.29, 1.82) is 0 Å². The number of ketones is 1. The number of allylic oxidation sites excluding steroid dienone is 1. The zero-order chi connectivity index (χ0) is 38.1. The molecule has 26 heteroatoms. The molecule has 0 amide bonds. The van der Waals surface area contributed by atoms with Crippen LogP contribution in [0, 0.1) is 20.2 Å². The molecule has 1 aliphatic carbocycles. The second-order valence-electron chi connectivity index (χ2n) is 10.2. The van der Waals surface area contributed by atoms with Crippen molar-refractivity contribution in [2.75, 3.05) is 16.3 Å². The van der Waals surface area contributed by atoms with Crippen LogP contribution in [0.4, 0.5) is 28.4 Å². The summed E-state index contributed by atoms with van der Waals surface area (Å²) in [4.78, 5) is 57.4. The number of nitro groups is 2. The Kier molecular flexibility index (Phi) is 13.6. The largest absolute Gasteiger partial charge is 1.00 e. The van der Waals surface area contributed by atoms with Crippen molar-refractivity contribution in [1.82, 2.24) is 0 Å². The minimum Gasteiger partial charge on any atom is -0.744 e. The van der Waals surface area contributed by atoms with Crippen LogP contribution in [-0.4, -0.2) is 52.4 Å². The third kappa shape index (κ3) is 9.55. The molecule has 5 rings (SSSR count). The molecule has 22 nitrogen and oxygen atoms in total. The van der Waals surface area contributed by atoms with Crippen LogP contribution in [0.15, 0.2) is 101 Å². The number of carbonyl (C=O) groups excluding carboxylic acids is 1. The Bertz CT molecular complexity index is 2750. The van der Waals surface area contributed by atoms with Crippen LogP contribution < -0.4 is 97.0 Å². The fourth-order valence-corrected chi connectivity index (χ4v) is 5.63. The van der Waals surface area contributed by atoms with Gasteiger partial charge in [-0.25, -0.2) is 16.8 Å². The Morgan fingerprint density at radius 3 is 1.89 bits per heavy atom. The summed E-state index contributed by atoms with van der Waals surface area (Å²) < 4.78 is 72.5. The number of anilines is 3. The number of hydrazone groups is 1. The quantitative estimate of drug-likeness (QED) is 0.0381. The molecule has 0 spiro atoms. The van der Waals surface area contributed by atoms with Crippen LogP contribution in [0.5, 0.6) is 5.75 Å². The van der Waals surface area contributed by atoms with Crippen molar-refractivity contribution in [2.24, 2.45) is 15.3 Å². The average Bonchev–Trinajstić information content (AvgIpc) is 3.06. The van der Waals surface area contributed by atoms with Gasteiger partial charge in [-0.1, -0.05) is 0 Å². The molecule has 0 radical (unpaired) electrons. The smallest absolute Gasteiger partial charge is 0.744 e. The summed E-state index contributed by atoms with van der Waals surface area (Å²) in [5, 5.41) is 41.9. The first-order valence-electron chi connectivity index (χ1n) is 13.7. The van der Waals surface area contributed by atoms with E-state index in [0.29, 0.717) is 18.2 Å². The number of carbonyl (C=O) groups is 1. The van der Waals surface area contributed by atoms with Gasteiger partial charge in [-0.05, 0) is 54.1 Å². The predicted octanol–water partition coefficient (Wildman–Crippen LogP) is -5.88. The van der Waals surface area contributed by atoms with Crippen molar-refractivity contribution in [3.63, 3.8) is 0 Å². The number of aromatic hydroxyl groups is 1. The molecule has 0 aromatic heterocycles. The number of rotatable bonds is 10. The Balaban J connectivity index is 0.00000392. The summed E-state index contributed by atoms with van der Waals surface area (Å²) in [7, 11) is -10.9. The van der Waals surface area contributed by atoms with E-state index in [0.717, 1.165) is 42.5 Å². The van der Waals surface area contributed by atoms with Gasteiger partial charge in [0.05, 0.1) is 36.6 Å². The number of benzene rings is 4. The van der Waals surface area contributed by atoms with Gasteiger partial charge in [0.25, 0.3) is 11.4 Å². The zero-order valence-electron chi connectivity index (χ0n) is 27.2. The maximum atomic E-state index is 13.7. The fourth-order valence-electron chi connectivity index (χ4n) is 4.45. The van der Waals surface area contributed by atoms with Crippen LogP contribution in [0.3, 0.4) is 0 Å². The van der Waals surface area contributed by atoms with Gasteiger partial charge in [0, 0.05) is 24.3 Å². The van der Waals surface area contributed by atoms with E-state index in [1.165, 1.54) is 12.1 Å². The van der Waals surface area contributed by atoms with E-state index >= 15 is 0 Å². The summed E-state index contributed by atoms with van der Waals surface area (Å²) in [6, 6.07) is 10.2. The summed E-state index contributed by atoms with van der Waals surface area (Å²) in [5.74, 6) is -2.05. The van der Waals surface area contributed by atoms with Crippen LogP contribution in [0.25, 0.3) is 6.08 Å². The van der Waals surface area contributed by atoms with E-state index in [-0.39, 0.29) is 70.5 Å². The van der Waals surface area contributed by atoms with E-state index in [2.05, 4.69) is 31.6 Å². The van der Waals surface area contributed by atoms with Crippen molar-refractivity contribution in [3.05, 3.63) is 134 Å². The molecule has 4 N–H and O–H groups in total. The molecule has 0 aliphatic heterocycles. The van der Waals surface area contributed by atoms with E-state index in [4.69, 9.17) is 0 Å². The molecule has 4 aromatic carbocycles. The van der Waals surface area contributed by atoms with Crippen molar-refractivity contribution >= 4 is 66.2 Å². The van der Waals surface area contributed by atoms with Gasteiger partial charge in [0.2, 0.25) is 16.6 Å². The van der Waals surface area contributed by atoms with Gasteiger partial charge < -0.3 is 14.2 Å². The van der Waals surface area contributed by atoms with E-state index in [9.17, 15) is 65.7 Å². The van der Waals surface area contributed by atoms with Crippen LogP contribution in [-0.2, 0) is 20.2 Å². The second kappa shape index (κ2) is 17.0. The summed E-state index contributed by atoms with van der Waals surface area (Å²) in [6.07, 6.45) is 0.513. The first-order chi connectivity index (χ1) is 24.3. The molecule has 54 heavy (non-hydrogen) atoms. The van der Waals surface area contributed by atoms with Gasteiger partial charge >= 0.3 is 59.1 Å². The van der Waals surface area contributed by atoms with Gasteiger partial charge in [0.1, 0.15) is 42.7 Å². The Labute approximate surface area is 344 Å². The average molecular weight is 799 g/mol. The van der Waals surface area contributed by atoms with E-state index < -0.39 is 107 Å². The van der Waals surface area contributed by atoms with Gasteiger partial charge in [-0.3, -0.25) is 50.9 Å². The monoisotopic (exact) mass is 798 g/mol. The number of hydrogen-bond acceptors (Lipinski definition) is 20. The number of nitrogens with zero attached hydrogens (tertiary/aromatic N) is 5. The molecule has 1 aliphatic rings. The Hall–Kier alpha value is -5.02. The Morgan fingerprint density at radius 1 is 0.685 bits per heavy atom. The van der Waals surface area contributed by atoms with Crippen molar-refractivity contribution in [3.8, 4) is 5.75 Å². The molecule has 0 heterocycles. The van der Waals surface area contributed by atoms with E-state index in [1.54, 1.807) is 0 Å². The number of hydrogen-bond donors (Lipinski definition) is 4. The third-order valence-electron chi connectivity index (χ3n) is 6.89. The molecule has 0 unspecified atom stereocenters. The van der Waals surface area contributed by atoms with Crippen LogP contribution in [0.2, 0.25) is 0 Å². The van der Waals surface area contributed by atoms with Gasteiger partial charge in [-0.15, -0.1) is 0 Å². The molecule has 0 fully saturated rings. The molecule has 0 atom stereocenters. The zero-order valence-corrected chi connectivity index (χ0v) is 32.9. The second-order valence-corrected chi connectivity index (χ2v) is 13.0. The number of non-ortho nitro benzene ring substituents is 2. The minimum absolute atomic E-state index is 0. The van der Waals surface area contributed by atoms with Crippen LogP contribution in [0.1, 0.15) is 15.9 Å². The summed E-state index contributed by atoms with van der Waals surface area (Å²) in [5.41, 5.74) is 0.444. The number of fused-ring (bicyclic) bond motifs is 1. The normalized spacial score (nSPS) is 13.9. The number of phenolic OH excluding ortho intramolecular Hbond substituents is 1. The first kappa shape index (κ1) is 43.4. The summed E-state index contributed by atoms with van der Waals surface area (Å²) in [6.45, 7) is 0. The minimum atomic E-state index is -5.59. The van der Waals surface area contributed by atoms with E-state index in [1.807, 2.05) is 0 Å². The number of Topliss-reactive ketones (excluding diaryl/α,β-unsaturated/α-hetero) is 1. The SMILES string of the molecule is O=C1/C(=N\Nc2cc([N+](=O)[O-])ccc2O)C(S(=O)(=O)[O-])=Cc2cc(S(=O)(=O)[O-])cc(N/N=c3\ccc(=O)/c(=N/Nc4ccc([N+](=O)[O-])cc4)c3=O)c21.[Na+].[Na+].